The van der Waals surface area contributed by atoms with Gasteiger partial charge in [-0.15, -0.1) is 0 Å². The lowest BCUT2D eigenvalue weighted by molar-refractivity contribution is 0.0557. The lowest BCUT2D eigenvalue weighted by atomic mass is 10.1. The maximum absolute atomic E-state index is 10.4. The predicted octanol–water partition coefficient (Wildman–Crippen LogP) is 1.41. The van der Waals surface area contributed by atoms with Crippen molar-refractivity contribution in [1.82, 2.24) is 5.32 Å². The molecule has 5 heteroatoms. The van der Waals surface area contributed by atoms with Gasteiger partial charge in [0, 0.05) is 6.54 Å². The van der Waals surface area contributed by atoms with Gasteiger partial charge in [0.05, 0.1) is 19.3 Å². The van der Waals surface area contributed by atoms with Gasteiger partial charge in [-0.2, -0.15) is 0 Å². The number of ether oxygens (including phenoxy) is 2. The number of rotatable bonds is 10. The summed E-state index contributed by atoms with van der Waals surface area (Å²) in [7, 11) is 0. The fourth-order valence-electron chi connectivity index (χ4n) is 1.81. The Bertz CT molecular complexity index is 384. The highest BCUT2D eigenvalue weighted by atomic mass is 16.5. The van der Waals surface area contributed by atoms with E-state index >= 15 is 0 Å². The summed E-state index contributed by atoms with van der Waals surface area (Å²) in [5.74, 6) is 1.51. The van der Waals surface area contributed by atoms with E-state index in [1.807, 2.05) is 32.0 Å². The van der Waals surface area contributed by atoms with Crippen molar-refractivity contribution in [3.63, 3.8) is 0 Å². The molecule has 0 amide bonds. The minimum Gasteiger partial charge on any atom is -0.490 e. The molecule has 2 N–H and O–H groups in total. The van der Waals surface area contributed by atoms with Gasteiger partial charge in [-0.1, -0.05) is 6.07 Å². The van der Waals surface area contributed by atoms with Crippen LogP contribution >= 0.6 is 0 Å². The summed E-state index contributed by atoms with van der Waals surface area (Å²) < 4.78 is 11.1. The van der Waals surface area contributed by atoms with Crippen molar-refractivity contribution in [1.29, 1.82) is 0 Å². The molecule has 1 atom stereocenters. The van der Waals surface area contributed by atoms with Gasteiger partial charge < -0.3 is 19.9 Å². The monoisotopic (exact) mass is 282 g/mol. The van der Waals surface area contributed by atoms with Gasteiger partial charge in [0.1, 0.15) is 6.61 Å². The molecule has 1 aromatic carbocycles. The molecule has 0 aromatic heterocycles. The average molecular weight is 282 g/mol. The van der Waals surface area contributed by atoms with Crippen LogP contribution in [-0.4, -0.2) is 44.1 Å². The molecule has 0 aliphatic rings. The Labute approximate surface area is 120 Å². The van der Waals surface area contributed by atoms with Crippen LogP contribution in [-0.2, 0) is 11.5 Å². The van der Waals surface area contributed by atoms with Gasteiger partial charge >= 0.3 is 0 Å². The average Bonchev–Trinajstić information content (AvgIpc) is 2.46. The van der Waals surface area contributed by atoms with Gasteiger partial charge in [0.2, 0.25) is 0 Å². The molecule has 5 nitrogen and oxygen atoms in total. The zero-order valence-corrected chi connectivity index (χ0v) is 12.2. The van der Waals surface area contributed by atoms with Crippen LogP contribution in [0.4, 0.5) is 0 Å². The fraction of sp³-hybridized carbons (Fsp3) is 0.600. The Hall–Kier alpha value is -1.30. The molecule has 113 valence electrons. The van der Waals surface area contributed by atoms with E-state index < -0.39 is 12.7 Å². The second kappa shape index (κ2) is 9.58. The van der Waals surface area contributed by atoms with Gasteiger partial charge in [0.15, 0.2) is 11.5 Å². The van der Waals surface area contributed by atoms with Crippen LogP contribution in [0, 0.1) is 0 Å². The van der Waals surface area contributed by atoms with Crippen molar-refractivity contribution in [2.24, 2.45) is 0 Å². The van der Waals surface area contributed by atoms with Crippen molar-refractivity contribution >= 4 is 0 Å². The first-order valence-corrected chi connectivity index (χ1v) is 7.06. The molecular formula is C15H24NO4. The van der Waals surface area contributed by atoms with E-state index in [0.717, 1.165) is 23.5 Å². The van der Waals surface area contributed by atoms with Crippen molar-refractivity contribution in [3.8, 4) is 11.5 Å². The Morgan fingerprint density at radius 3 is 2.55 bits per heavy atom. The quantitative estimate of drug-likeness (QED) is 0.637. The minimum atomic E-state index is -0.811. The van der Waals surface area contributed by atoms with Crippen molar-refractivity contribution in [2.45, 2.75) is 26.4 Å². The second-order valence-corrected chi connectivity index (χ2v) is 4.42. The second-order valence-electron chi connectivity index (χ2n) is 4.42. The molecular weight excluding hydrogens is 258 g/mol. The van der Waals surface area contributed by atoms with Crippen LogP contribution in [0.25, 0.3) is 0 Å². The highest BCUT2D eigenvalue weighted by Gasteiger charge is 2.06. The van der Waals surface area contributed by atoms with Crippen LogP contribution in [0.15, 0.2) is 18.2 Å². The predicted molar refractivity (Wildman–Crippen MR) is 76.9 cm³/mol. The van der Waals surface area contributed by atoms with E-state index in [1.165, 1.54) is 0 Å². The zero-order chi connectivity index (χ0) is 14.8. The number of hydrogen-bond donors (Lipinski definition) is 2. The molecule has 1 unspecified atom stereocenters. The first-order valence-electron chi connectivity index (χ1n) is 7.06. The molecule has 20 heavy (non-hydrogen) atoms. The van der Waals surface area contributed by atoms with Crippen molar-refractivity contribution in [3.05, 3.63) is 23.8 Å². The standard InChI is InChI=1S/C15H24NO4/c1-3-19-14-6-5-12(9-15(14)20-4-2)7-8-16-10-13(18)11-17/h5-6,9,13,16,18H,3-4,7-8,10-11H2,1-2H3. The van der Waals surface area contributed by atoms with E-state index in [-0.39, 0.29) is 0 Å². The van der Waals surface area contributed by atoms with Gasteiger partial charge in [0.25, 0.3) is 0 Å². The highest BCUT2D eigenvalue weighted by Crippen LogP contribution is 2.28. The molecule has 0 saturated carbocycles. The summed E-state index contributed by atoms with van der Waals surface area (Å²) in [6.07, 6.45) is -0.00719. The lowest BCUT2D eigenvalue weighted by Crippen LogP contribution is -2.30. The molecule has 0 saturated heterocycles. The molecule has 0 bridgehead atoms. The molecule has 1 rings (SSSR count). The largest absolute Gasteiger partial charge is 0.490 e. The van der Waals surface area contributed by atoms with E-state index in [0.29, 0.717) is 26.3 Å². The third-order valence-electron chi connectivity index (χ3n) is 2.77. The number of aliphatic hydroxyl groups excluding tert-OH is 1. The SMILES string of the molecule is CCOc1ccc(CCNCC(O)C[O])cc1OCC. The van der Waals surface area contributed by atoms with E-state index in [4.69, 9.17) is 14.6 Å². The number of nitrogens with one attached hydrogen (secondary N) is 1. The summed E-state index contributed by atoms with van der Waals surface area (Å²) in [5, 5.41) is 22.6. The number of benzene rings is 1. The Morgan fingerprint density at radius 2 is 1.90 bits per heavy atom. The van der Waals surface area contributed by atoms with Crippen LogP contribution in [0.1, 0.15) is 19.4 Å². The van der Waals surface area contributed by atoms with Gasteiger partial charge in [-0.05, 0) is 44.5 Å². The third kappa shape index (κ3) is 5.77. The Morgan fingerprint density at radius 1 is 1.20 bits per heavy atom. The first kappa shape index (κ1) is 16.8. The molecule has 0 heterocycles. The molecule has 1 aromatic rings. The van der Waals surface area contributed by atoms with Crippen molar-refractivity contribution in [2.75, 3.05) is 32.9 Å². The first-order chi connectivity index (χ1) is 9.71. The van der Waals surface area contributed by atoms with E-state index in [9.17, 15) is 5.11 Å². The molecule has 0 spiro atoms. The highest BCUT2D eigenvalue weighted by molar-refractivity contribution is 5.43. The van der Waals surface area contributed by atoms with Crippen LogP contribution < -0.4 is 14.8 Å². The van der Waals surface area contributed by atoms with Crippen LogP contribution in [0.2, 0.25) is 0 Å². The topological polar surface area (TPSA) is 70.6 Å². The lowest BCUT2D eigenvalue weighted by Gasteiger charge is -2.13. The zero-order valence-electron chi connectivity index (χ0n) is 12.2. The normalized spacial score (nSPS) is 12.2. The summed E-state index contributed by atoms with van der Waals surface area (Å²) in [6.45, 7) is 5.65. The molecule has 0 aliphatic carbocycles. The molecule has 1 radical (unpaired) electrons. The number of aliphatic hydroxyl groups is 1. The van der Waals surface area contributed by atoms with Crippen LogP contribution in [0.5, 0.6) is 11.5 Å². The van der Waals surface area contributed by atoms with Crippen molar-refractivity contribution < 1.29 is 19.7 Å². The summed E-state index contributed by atoms with van der Waals surface area (Å²) >= 11 is 0. The molecule has 0 aliphatic heterocycles. The van der Waals surface area contributed by atoms with Gasteiger partial charge in [-0.3, -0.25) is 0 Å². The third-order valence-corrected chi connectivity index (χ3v) is 2.77. The summed E-state index contributed by atoms with van der Waals surface area (Å²) in [6, 6.07) is 5.88. The maximum Gasteiger partial charge on any atom is 0.161 e. The summed E-state index contributed by atoms with van der Waals surface area (Å²) in [4.78, 5) is 0. The molecule has 0 fully saturated rings. The van der Waals surface area contributed by atoms with E-state index in [2.05, 4.69) is 5.32 Å². The Kier molecular flexibility index (Phi) is 8.02. The fourth-order valence-corrected chi connectivity index (χ4v) is 1.81. The summed E-state index contributed by atoms with van der Waals surface area (Å²) in [5.41, 5.74) is 1.13. The van der Waals surface area contributed by atoms with Crippen LogP contribution in [0.3, 0.4) is 0 Å². The van der Waals surface area contributed by atoms with Gasteiger partial charge in [-0.25, -0.2) is 5.11 Å². The minimum absolute atomic E-state index is 0.332. The van der Waals surface area contributed by atoms with E-state index in [1.54, 1.807) is 0 Å². The maximum atomic E-state index is 10.4. The smallest absolute Gasteiger partial charge is 0.161 e. The Balaban J connectivity index is 2.51. The number of hydrogen-bond acceptors (Lipinski definition) is 4.